The molecule has 0 heterocycles. The molecule has 0 unspecified atom stereocenters. The molecule has 0 aliphatic carbocycles. The number of hydrogen-bond donors (Lipinski definition) is 3. The zero-order valence-corrected chi connectivity index (χ0v) is 27.7. The SMILES string of the molecule is COc1ccc(CC(=O)Nc2cc(NC(=O)Cc3ccc(OC)c(OC)c3)cc(NC(=O)Cc3ccc(OC)c(OC)c3)c2)cc1OC. The normalized spacial score (nSPS) is 10.4. The monoisotopic (exact) mass is 657 g/mol. The van der Waals surface area contributed by atoms with E-state index in [1.165, 1.54) is 42.7 Å². The summed E-state index contributed by atoms with van der Waals surface area (Å²) in [7, 11) is 9.17. The molecular weight excluding hydrogens is 618 g/mol. The average Bonchev–Trinajstić information content (AvgIpc) is 3.07. The van der Waals surface area contributed by atoms with Gasteiger partial charge in [-0.15, -0.1) is 0 Å². The lowest BCUT2D eigenvalue weighted by atomic mass is 10.1. The lowest BCUT2D eigenvalue weighted by molar-refractivity contribution is -0.116. The molecule has 12 nitrogen and oxygen atoms in total. The number of hydrogen-bond acceptors (Lipinski definition) is 9. The van der Waals surface area contributed by atoms with Crippen LogP contribution in [0.25, 0.3) is 0 Å². The van der Waals surface area contributed by atoms with Crippen molar-refractivity contribution in [3.8, 4) is 34.5 Å². The third-order valence-electron chi connectivity index (χ3n) is 7.22. The molecule has 0 spiro atoms. The number of ether oxygens (including phenoxy) is 6. The highest BCUT2D eigenvalue weighted by Gasteiger charge is 2.15. The van der Waals surface area contributed by atoms with Gasteiger partial charge in [0.25, 0.3) is 0 Å². The quantitative estimate of drug-likeness (QED) is 0.156. The second kappa shape index (κ2) is 16.6. The van der Waals surface area contributed by atoms with Crippen LogP contribution in [0.15, 0.2) is 72.8 Å². The maximum atomic E-state index is 13.1. The van der Waals surface area contributed by atoms with Crippen LogP contribution in [0.2, 0.25) is 0 Å². The first-order chi connectivity index (χ1) is 23.2. The predicted octanol–water partition coefficient (Wildman–Crippen LogP) is 5.28. The average molecular weight is 658 g/mol. The first kappa shape index (κ1) is 35.0. The molecule has 0 aliphatic heterocycles. The second-order valence-electron chi connectivity index (χ2n) is 10.5. The van der Waals surface area contributed by atoms with Gasteiger partial charge in [-0.25, -0.2) is 0 Å². The summed E-state index contributed by atoms with van der Waals surface area (Å²) in [6.07, 6.45) is 0.117. The van der Waals surface area contributed by atoms with Gasteiger partial charge in [0.1, 0.15) is 0 Å². The Morgan fingerprint density at radius 2 is 0.646 bits per heavy atom. The minimum absolute atomic E-state index is 0.0389. The first-order valence-electron chi connectivity index (χ1n) is 14.9. The highest BCUT2D eigenvalue weighted by atomic mass is 16.5. The topological polar surface area (TPSA) is 143 Å². The third kappa shape index (κ3) is 9.32. The van der Waals surface area contributed by atoms with Gasteiger partial charge in [-0.1, -0.05) is 18.2 Å². The van der Waals surface area contributed by atoms with Gasteiger partial charge in [0.15, 0.2) is 34.5 Å². The lowest BCUT2D eigenvalue weighted by Gasteiger charge is -2.14. The summed E-state index contributed by atoms with van der Waals surface area (Å²) < 4.78 is 31.9. The fourth-order valence-corrected chi connectivity index (χ4v) is 4.99. The van der Waals surface area contributed by atoms with E-state index in [-0.39, 0.29) is 37.0 Å². The molecule has 0 aliphatic rings. The summed E-state index contributed by atoms with van der Waals surface area (Å²) >= 11 is 0. The van der Waals surface area contributed by atoms with E-state index in [9.17, 15) is 14.4 Å². The Balaban J connectivity index is 1.54. The van der Waals surface area contributed by atoms with Gasteiger partial charge in [0, 0.05) is 17.1 Å². The van der Waals surface area contributed by atoms with Gasteiger partial charge in [-0.2, -0.15) is 0 Å². The summed E-state index contributed by atoms with van der Waals surface area (Å²) in [5.74, 6) is 2.19. The van der Waals surface area contributed by atoms with Crippen molar-refractivity contribution in [1.29, 1.82) is 0 Å². The van der Waals surface area contributed by atoms with E-state index in [2.05, 4.69) is 16.0 Å². The number of nitrogens with one attached hydrogen (secondary N) is 3. The largest absolute Gasteiger partial charge is 0.493 e. The molecule has 0 saturated heterocycles. The summed E-state index contributed by atoms with van der Waals surface area (Å²) in [6, 6.07) is 20.5. The maximum absolute atomic E-state index is 13.1. The number of methoxy groups -OCH3 is 6. The van der Waals surface area contributed by atoms with Crippen molar-refractivity contribution < 1.29 is 42.8 Å². The molecule has 4 aromatic rings. The molecule has 3 amide bonds. The van der Waals surface area contributed by atoms with Crippen molar-refractivity contribution in [2.24, 2.45) is 0 Å². The highest BCUT2D eigenvalue weighted by Crippen LogP contribution is 2.31. The fraction of sp³-hybridized carbons (Fsp3) is 0.250. The molecular formula is C36H39N3O9. The van der Waals surface area contributed by atoms with Gasteiger partial charge in [-0.3, -0.25) is 14.4 Å². The van der Waals surface area contributed by atoms with Gasteiger partial charge >= 0.3 is 0 Å². The summed E-state index contributed by atoms with van der Waals surface area (Å²) in [6.45, 7) is 0. The van der Waals surface area contributed by atoms with Gasteiger partial charge in [-0.05, 0) is 71.3 Å². The van der Waals surface area contributed by atoms with Crippen LogP contribution in [0.1, 0.15) is 16.7 Å². The van der Waals surface area contributed by atoms with Crippen molar-refractivity contribution in [2.45, 2.75) is 19.3 Å². The molecule has 4 rings (SSSR count). The maximum Gasteiger partial charge on any atom is 0.228 e. The fourth-order valence-electron chi connectivity index (χ4n) is 4.99. The first-order valence-corrected chi connectivity index (χ1v) is 14.9. The van der Waals surface area contributed by atoms with E-state index in [1.807, 2.05) is 0 Å². The summed E-state index contributed by atoms with van der Waals surface area (Å²) in [4.78, 5) is 39.3. The van der Waals surface area contributed by atoms with E-state index in [0.717, 1.165) is 0 Å². The number of carbonyl (C=O) groups is 3. The van der Waals surface area contributed by atoms with Crippen molar-refractivity contribution in [3.63, 3.8) is 0 Å². The second-order valence-corrected chi connectivity index (χ2v) is 10.5. The number of benzene rings is 4. The molecule has 3 N–H and O–H groups in total. The van der Waals surface area contributed by atoms with E-state index in [0.29, 0.717) is 68.2 Å². The molecule has 12 heteroatoms. The van der Waals surface area contributed by atoms with Crippen LogP contribution >= 0.6 is 0 Å². The Morgan fingerprint density at radius 3 is 0.875 bits per heavy atom. The van der Waals surface area contributed by atoms with E-state index < -0.39 is 0 Å². The minimum Gasteiger partial charge on any atom is -0.493 e. The van der Waals surface area contributed by atoms with Crippen LogP contribution in [-0.4, -0.2) is 60.4 Å². The van der Waals surface area contributed by atoms with Crippen LogP contribution in [0.4, 0.5) is 17.1 Å². The molecule has 4 aromatic carbocycles. The Hall–Kier alpha value is -5.91. The highest BCUT2D eigenvalue weighted by molar-refractivity contribution is 5.99. The molecule has 0 bridgehead atoms. The van der Waals surface area contributed by atoms with Gasteiger partial charge in [0.2, 0.25) is 17.7 Å². The molecule has 0 aromatic heterocycles. The number of anilines is 3. The molecule has 0 radical (unpaired) electrons. The molecule has 0 atom stereocenters. The Labute approximate surface area is 279 Å². The van der Waals surface area contributed by atoms with Gasteiger partial charge < -0.3 is 44.4 Å². The molecule has 0 saturated carbocycles. The van der Waals surface area contributed by atoms with Crippen LogP contribution in [0.5, 0.6) is 34.5 Å². The lowest BCUT2D eigenvalue weighted by Crippen LogP contribution is -2.18. The van der Waals surface area contributed by atoms with Crippen molar-refractivity contribution >= 4 is 34.8 Å². The summed E-state index contributed by atoms with van der Waals surface area (Å²) in [5.41, 5.74) is 3.20. The smallest absolute Gasteiger partial charge is 0.228 e. The standard InChI is InChI=1S/C36H39N3O9/c1-43-28-10-7-22(13-31(28)46-4)16-34(40)37-25-19-26(38-35(41)17-23-8-11-29(44-2)32(14-23)47-5)21-27(20-25)39-36(42)18-24-9-12-30(45-3)33(15-24)48-6/h7-15,19-21H,16-18H2,1-6H3,(H,37,40)(H,38,41)(H,39,42). The van der Waals surface area contributed by atoms with Crippen LogP contribution in [0.3, 0.4) is 0 Å². The zero-order valence-electron chi connectivity index (χ0n) is 27.7. The van der Waals surface area contributed by atoms with Crippen molar-refractivity contribution in [3.05, 3.63) is 89.5 Å². The van der Waals surface area contributed by atoms with Crippen molar-refractivity contribution in [2.75, 3.05) is 58.6 Å². The molecule has 48 heavy (non-hydrogen) atoms. The van der Waals surface area contributed by atoms with Crippen LogP contribution < -0.4 is 44.4 Å². The molecule has 0 fully saturated rings. The summed E-state index contributed by atoms with van der Waals surface area (Å²) in [5, 5.41) is 8.59. The van der Waals surface area contributed by atoms with E-state index in [1.54, 1.807) is 72.8 Å². The number of carbonyl (C=O) groups excluding carboxylic acids is 3. The minimum atomic E-state index is -0.321. The van der Waals surface area contributed by atoms with Crippen LogP contribution in [0, 0.1) is 0 Å². The Morgan fingerprint density at radius 1 is 0.396 bits per heavy atom. The van der Waals surface area contributed by atoms with E-state index >= 15 is 0 Å². The Kier molecular flexibility index (Phi) is 12.1. The zero-order chi connectivity index (χ0) is 34.6. The number of amides is 3. The van der Waals surface area contributed by atoms with Crippen LogP contribution in [-0.2, 0) is 33.6 Å². The van der Waals surface area contributed by atoms with Gasteiger partial charge in [0.05, 0.1) is 61.9 Å². The number of rotatable bonds is 15. The Bertz CT molecular complexity index is 1560. The van der Waals surface area contributed by atoms with E-state index in [4.69, 9.17) is 28.4 Å². The predicted molar refractivity (Wildman–Crippen MR) is 182 cm³/mol. The third-order valence-corrected chi connectivity index (χ3v) is 7.22. The van der Waals surface area contributed by atoms with Crippen molar-refractivity contribution in [1.82, 2.24) is 0 Å². The molecule has 252 valence electrons.